The lowest BCUT2D eigenvalue weighted by Gasteiger charge is -2.23. The van der Waals surface area contributed by atoms with Crippen LogP contribution < -0.4 is 11.1 Å². The van der Waals surface area contributed by atoms with Crippen LogP contribution in [0.2, 0.25) is 0 Å². The molecule has 0 fully saturated rings. The summed E-state index contributed by atoms with van der Waals surface area (Å²) in [5.74, 6) is -0.161. The molecule has 1 amide bonds. The molecule has 0 bridgehead atoms. The van der Waals surface area contributed by atoms with E-state index in [4.69, 9.17) is 5.73 Å². The molecule has 1 heterocycles. The van der Waals surface area contributed by atoms with E-state index >= 15 is 0 Å². The molecule has 6 nitrogen and oxygen atoms in total. The molecule has 0 spiro atoms. The number of nitrogen functional groups attached to an aromatic ring is 1. The lowest BCUT2D eigenvalue weighted by Crippen LogP contribution is -2.34. The standard InChI is InChI=1S/C11H13N5OS/c1-11(2,7-3-5-8(12)6-4-7)9(17)13-10-14-15-16-18-10/h3-6H,12H2,1-2H3,(H,13,14,16,17). The highest BCUT2D eigenvalue weighted by Crippen LogP contribution is 2.25. The molecular weight excluding hydrogens is 250 g/mol. The number of nitrogens with zero attached hydrogens (tertiary/aromatic N) is 3. The Labute approximate surface area is 108 Å². The van der Waals surface area contributed by atoms with Gasteiger partial charge >= 0.3 is 0 Å². The van der Waals surface area contributed by atoms with Gasteiger partial charge in [-0.3, -0.25) is 10.1 Å². The van der Waals surface area contributed by atoms with Gasteiger partial charge in [0, 0.05) is 17.2 Å². The molecule has 0 saturated carbocycles. The molecule has 0 aliphatic carbocycles. The van der Waals surface area contributed by atoms with Gasteiger partial charge in [0.2, 0.25) is 11.0 Å². The number of hydrogen-bond acceptors (Lipinski definition) is 6. The molecule has 2 rings (SSSR count). The van der Waals surface area contributed by atoms with Gasteiger partial charge in [-0.15, -0.1) is 0 Å². The molecule has 18 heavy (non-hydrogen) atoms. The van der Waals surface area contributed by atoms with Crippen LogP contribution in [0.25, 0.3) is 0 Å². The number of carbonyl (C=O) groups is 1. The Hall–Kier alpha value is -2.02. The number of rotatable bonds is 3. The summed E-state index contributed by atoms with van der Waals surface area (Å²) in [6, 6.07) is 7.23. The van der Waals surface area contributed by atoms with Gasteiger partial charge in [0.25, 0.3) is 0 Å². The normalized spacial score (nSPS) is 11.2. The van der Waals surface area contributed by atoms with E-state index in [2.05, 4.69) is 20.1 Å². The first-order chi connectivity index (χ1) is 8.50. The Balaban J connectivity index is 2.19. The average Bonchev–Trinajstić information content (AvgIpc) is 2.82. The zero-order chi connectivity index (χ0) is 13.2. The van der Waals surface area contributed by atoms with Crippen molar-refractivity contribution in [3.8, 4) is 0 Å². The molecule has 94 valence electrons. The number of hydrogen-bond donors (Lipinski definition) is 2. The van der Waals surface area contributed by atoms with Gasteiger partial charge in [-0.25, -0.2) is 0 Å². The molecule has 0 saturated heterocycles. The highest BCUT2D eigenvalue weighted by atomic mass is 32.1. The molecule has 0 radical (unpaired) electrons. The lowest BCUT2D eigenvalue weighted by molar-refractivity contribution is -0.120. The maximum atomic E-state index is 12.2. The third-order valence-corrected chi connectivity index (χ3v) is 3.23. The van der Waals surface area contributed by atoms with Crippen molar-refractivity contribution in [1.82, 2.24) is 14.8 Å². The smallest absolute Gasteiger partial charge is 0.236 e. The van der Waals surface area contributed by atoms with Crippen molar-refractivity contribution in [3.63, 3.8) is 0 Å². The number of benzene rings is 1. The number of aromatic nitrogens is 3. The first-order valence-electron chi connectivity index (χ1n) is 5.32. The van der Waals surface area contributed by atoms with Crippen LogP contribution in [0.15, 0.2) is 24.3 Å². The third kappa shape index (κ3) is 2.45. The minimum atomic E-state index is -0.681. The highest BCUT2D eigenvalue weighted by Gasteiger charge is 2.30. The maximum Gasteiger partial charge on any atom is 0.236 e. The topological polar surface area (TPSA) is 93.8 Å². The van der Waals surface area contributed by atoms with Crippen molar-refractivity contribution in [2.75, 3.05) is 11.1 Å². The van der Waals surface area contributed by atoms with Crippen molar-refractivity contribution >= 4 is 28.3 Å². The summed E-state index contributed by atoms with van der Waals surface area (Å²) in [5, 5.41) is 10.2. The summed E-state index contributed by atoms with van der Waals surface area (Å²) < 4.78 is 3.59. The van der Waals surface area contributed by atoms with E-state index in [9.17, 15) is 4.79 Å². The average molecular weight is 263 g/mol. The van der Waals surface area contributed by atoms with E-state index in [0.717, 1.165) is 17.1 Å². The number of amides is 1. The van der Waals surface area contributed by atoms with Crippen LogP contribution in [0.1, 0.15) is 19.4 Å². The summed E-state index contributed by atoms with van der Waals surface area (Å²) >= 11 is 1.04. The zero-order valence-electron chi connectivity index (χ0n) is 10.0. The fourth-order valence-electron chi connectivity index (χ4n) is 1.47. The number of nitrogens with one attached hydrogen (secondary N) is 1. The van der Waals surface area contributed by atoms with E-state index in [1.807, 2.05) is 26.0 Å². The molecule has 2 aromatic rings. The first kappa shape index (κ1) is 12.4. The molecule has 0 aliphatic rings. The molecule has 7 heteroatoms. The minimum Gasteiger partial charge on any atom is -0.399 e. The van der Waals surface area contributed by atoms with Crippen LogP contribution in [0.5, 0.6) is 0 Å². The van der Waals surface area contributed by atoms with Gasteiger partial charge in [0.1, 0.15) is 0 Å². The molecule has 3 N–H and O–H groups in total. The fourth-order valence-corrected chi connectivity index (χ4v) is 1.83. The summed E-state index contributed by atoms with van der Waals surface area (Å²) in [6.45, 7) is 3.67. The summed E-state index contributed by atoms with van der Waals surface area (Å²) in [7, 11) is 0. The largest absolute Gasteiger partial charge is 0.399 e. The number of nitrogens with two attached hydrogens (primary N) is 1. The quantitative estimate of drug-likeness (QED) is 0.817. The van der Waals surface area contributed by atoms with Crippen molar-refractivity contribution < 1.29 is 4.79 Å². The van der Waals surface area contributed by atoms with Crippen LogP contribution in [0, 0.1) is 0 Å². The molecular formula is C11H13N5OS. The van der Waals surface area contributed by atoms with Crippen molar-refractivity contribution in [2.24, 2.45) is 0 Å². The van der Waals surface area contributed by atoms with Crippen molar-refractivity contribution in [2.45, 2.75) is 19.3 Å². The van der Waals surface area contributed by atoms with Crippen molar-refractivity contribution in [3.05, 3.63) is 29.8 Å². The monoisotopic (exact) mass is 263 g/mol. The third-order valence-electron chi connectivity index (χ3n) is 2.72. The molecule has 1 aromatic carbocycles. The van der Waals surface area contributed by atoms with Gasteiger partial charge in [-0.05, 0) is 36.8 Å². The minimum absolute atomic E-state index is 0.161. The van der Waals surface area contributed by atoms with Gasteiger partial charge in [0.15, 0.2) is 0 Å². The van der Waals surface area contributed by atoms with Gasteiger partial charge in [-0.2, -0.15) is 0 Å². The summed E-state index contributed by atoms with van der Waals surface area (Å²) in [4.78, 5) is 12.2. The first-order valence-corrected chi connectivity index (χ1v) is 6.10. The van der Waals surface area contributed by atoms with Crippen molar-refractivity contribution in [1.29, 1.82) is 0 Å². The van der Waals surface area contributed by atoms with E-state index in [-0.39, 0.29) is 5.91 Å². The summed E-state index contributed by atoms with van der Waals surface area (Å²) in [6.07, 6.45) is 0. The van der Waals surface area contributed by atoms with Crippen LogP contribution in [0.4, 0.5) is 10.8 Å². The van der Waals surface area contributed by atoms with E-state index < -0.39 is 5.41 Å². The molecule has 0 aliphatic heterocycles. The SMILES string of the molecule is CC(C)(C(=O)Nc1nnns1)c1ccc(N)cc1. The Bertz CT molecular complexity index is 535. The maximum absolute atomic E-state index is 12.2. The van der Waals surface area contributed by atoms with E-state index in [0.29, 0.717) is 10.8 Å². The number of carbonyl (C=O) groups excluding carboxylic acids is 1. The second kappa shape index (κ2) is 4.69. The molecule has 0 unspecified atom stereocenters. The van der Waals surface area contributed by atoms with Crippen LogP contribution in [0.3, 0.4) is 0 Å². The second-order valence-corrected chi connectivity index (χ2v) is 5.10. The Morgan fingerprint density at radius 1 is 1.33 bits per heavy atom. The molecule has 1 aromatic heterocycles. The molecule has 0 atom stereocenters. The fraction of sp³-hybridized carbons (Fsp3) is 0.273. The zero-order valence-corrected chi connectivity index (χ0v) is 10.9. The Morgan fingerprint density at radius 3 is 2.56 bits per heavy atom. The predicted molar refractivity (Wildman–Crippen MR) is 70.2 cm³/mol. The number of anilines is 2. The van der Waals surface area contributed by atoms with Gasteiger partial charge in [0.05, 0.1) is 5.41 Å². The Morgan fingerprint density at radius 2 is 2.00 bits per heavy atom. The lowest BCUT2D eigenvalue weighted by atomic mass is 9.83. The Kier molecular flexibility index (Phi) is 3.24. The van der Waals surface area contributed by atoms with Gasteiger partial charge in [-0.1, -0.05) is 21.7 Å². The van der Waals surface area contributed by atoms with Gasteiger partial charge < -0.3 is 5.73 Å². The second-order valence-electron chi connectivity index (χ2n) is 4.37. The van der Waals surface area contributed by atoms with Crippen LogP contribution in [-0.4, -0.2) is 20.7 Å². The van der Waals surface area contributed by atoms with Crippen LogP contribution in [-0.2, 0) is 10.2 Å². The van der Waals surface area contributed by atoms with E-state index in [1.165, 1.54) is 0 Å². The predicted octanol–water partition coefficient (Wildman–Crippen LogP) is 1.43. The van der Waals surface area contributed by atoms with E-state index in [1.54, 1.807) is 12.1 Å². The highest BCUT2D eigenvalue weighted by molar-refractivity contribution is 7.09. The van der Waals surface area contributed by atoms with Crippen LogP contribution >= 0.6 is 11.5 Å². The summed E-state index contributed by atoms with van der Waals surface area (Å²) in [5.41, 5.74) is 6.50.